The summed E-state index contributed by atoms with van der Waals surface area (Å²) in [5.41, 5.74) is -1.02. The number of anilines is 1. The van der Waals surface area contributed by atoms with E-state index in [1.165, 1.54) is 30.0 Å². The zero-order valence-electron chi connectivity index (χ0n) is 25.1. The Bertz CT molecular complexity index is 1650. The van der Waals surface area contributed by atoms with Gasteiger partial charge in [-0.25, -0.2) is 31.6 Å². The summed E-state index contributed by atoms with van der Waals surface area (Å²) in [6, 6.07) is 9.12. The van der Waals surface area contributed by atoms with E-state index < -0.39 is 27.3 Å². The first kappa shape index (κ1) is 30.7. The van der Waals surface area contributed by atoms with Crippen LogP contribution >= 0.6 is 0 Å². The molecular weight excluding hydrogens is 580 g/mol. The smallest absolute Gasteiger partial charge is 0.268 e. The molecule has 3 heterocycles. The van der Waals surface area contributed by atoms with Crippen LogP contribution in [0.3, 0.4) is 0 Å². The Hall–Kier alpha value is -3.74. The number of methoxy groups -OCH3 is 1. The summed E-state index contributed by atoms with van der Waals surface area (Å²) < 4.78 is 68.9. The van der Waals surface area contributed by atoms with E-state index in [2.05, 4.69) is 16.7 Å². The van der Waals surface area contributed by atoms with Crippen LogP contribution in [-0.2, 0) is 10.0 Å². The van der Waals surface area contributed by atoms with Gasteiger partial charge >= 0.3 is 0 Å². The van der Waals surface area contributed by atoms with Crippen LogP contribution in [0.4, 0.5) is 14.6 Å². The van der Waals surface area contributed by atoms with Gasteiger partial charge in [0.1, 0.15) is 18.2 Å². The lowest BCUT2D eigenvalue weighted by atomic mass is 9.97. The van der Waals surface area contributed by atoms with E-state index in [-0.39, 0.29) is 28.5 Å². The monoisotopic (exact) mass is 617 g/mol. The predicted molar refractivity (Wildman–Crippen MR) is 157 cm³/mol. The number of benzene rings is 1. The van der Waals surface area contributed by atoms with Crippen molar-refractivity contribution in [1.82, 2.24) is 19.5 Å². The van der Waals surface area contributed by atoms with E-state index in [0.29, 0.717) is 48.3 Å². The summed E-state index contributed by atoms with van der Waals surface area (Å²) in [6.45, 7) is 9.18. The zero-order valence-corrected chi connectivity index (χ0v) is 26.0. The topological polar surface area (TPSA) is 116 Å². The van der Waals surface area contributed by atoms with Crippen LogP contribution in [0.1, 0.15) is 62.9 Å². The van der Waals surface area contributed by atoms with Crippen LogP contribution in [0.15, 0.2) is 47.5 Å². The fourth-order valence-electron chi connectivity index (χ4n) is 5.78. The lowest BCUT2D eigenvalue weighted by Crippen LogP contribution is -2.41. The third-order valence-electron chi connectivity index (χ3n) is 8.41. The van der Waals surface area contributed by atoms with Crippen molar-refractivity contribution in [1.29, 1.82) is 0 Å². The van der Waals surface area contributed by atoms with Crippen LogP contribution < -0.4 is 19.1 Å². The van der Waals surface area contributed by atoms with Crippen LogP contribution in [0.25, 0.3) is 5.82 Å². The Morgan fingerprint density at radius 3 is 2.49 bits per heavy atom. The van der Waals surface area contributed by atoms with Gasteiger partial charge in [-0.15, -0.1) is 5.10 Å². The molecule has 232 valence electrons. The molecule has 1 saturated heterocycles. The Balaban J connectivity index is 1.45. The summed E-state index contributed by atoms with van der Waals surface area (Å²) in [5, 5.41) is 4.37. The number of pyridine rings is 1. The van der Waals surface area contributed by atoms with Crippen molar-refractivity contribution in [3.8, 4) is 17.4 Å². The summed E-state index contributed by atoms with van der Waals surface area (Å²) in [6.07, 6.45) is 3.22. The molecule has 1 amide bonds. The van der Waals surface area contributed by atoms with Gasteiger partial charge in [0.2, 0.25) is 5.88 Å². The number of hydrogen-bond donors (Lipinski definition) is 1. The quantitative estimate of drug-likeness (QED) is 0.333. The molecular formula is C30H37F2N5O5S. The number of carbonyl (C=O) groups excluding carboxylic acids is 1. The maximum atomic E-state index is 14.0. The number of amides is 1. The number of aromatic nitrogens is 3. The molecule has 43 heavy (non-hydrogen) atoms. The maximum Gasteiger partial charge on any atom is 0.268 e. The van der Waals surface area contributed by atoms with Gasteiger partial charge in [-0.1, -0.05) is 6.92 Å². The van der Waals surface area contributed by atoms with Crippen molar-refractivity contribution in [2.75, 3.05) is 25.2 Å². The van der Waals surface area contributed by atoms with Crippen molar-refractivity contribution in [2.24, 2.45) is 11.3 Å². The van der Waals surface area contributed by atoms with Gasteiger partial charge in [0, 0.05) is 31.3 Å². The molecule has 1 aliphatic heterocycles. The van der Waals surface area contributed by atoms with Gasteiger partial charge in [-0.05, 0) is 81.8 Å². The minimum Gasteiger partial charge on any atom is -0.497 e. The number of ether oxygens (including phenoxy) is 2. The number of halogens is 2. The molecule has 1 N–H and O–H groups in total. The molecule has 0 radical (unpaired) electrons. The van der Waals surface area contributed by atoms with Crippen LogP contribution in [0.2, 0.25) is 0 Å². The number of nitrogens with one attached hydrogen (secondary N) is 1. The van der Waals surface area contributed by atoms with Gasteiger partial charge in [0.05, 0.1) is 23.0 Å². The zero-order chi connectivity index (χ0) is 31.4. The number of carbonyl (C=O) groups is 1. The molecule has 1 aromatic carbocycles. The second-order valence-corrected chi connectivity index (χ2v) is 14.0. The largest absolute Gasteiger partial charge is 0.497 e. The van der Waals surface area contributed by atoms with E-state index in [0.717, 1.165) is 13.3 Å². The molecule has 2 fully saturated rings. The van der Waals surface area contributed by atoms with Gasteiger partial charge in [-0.3, -0.25) is 4.79 Å². The highest BCUT2D eigenvalue weighted by atomic mass is 32.2. The highest BCUT2D eigenvalue weighted by Gasteiger charge is 2.59. The third-order valence-corrected chi connectivity index (χ3v) is 9.90. The Morgan fingerprint density at radius 1 is 1.19 bits per heavy atom. The lowest BCUT2D eigenvalue weighted by Gasteiger charge is -2.34. The molecule has 2 aliphatic rings. The molecule has 13 heteroatoms. The minimum atomic E-state index is -4.21. The number of aryl methyl sites for hydroxylation is 1. The van der Waals surface area contributed by atoms with Gasteiger partial charge in [0.25, 0.3) is 21.9 Å². The van der Waals surface area contributed by atoms with E-state index in [9.17, 15) is 22.0 Å². The number of rotatable bonds is 10. The summed E-state index contributed by atoms with van der Waals surface area (Å²) in [5.74, 6) is -2.02. The number of sulfonamides is 1. The van der Waals surface area contributed by atoms with Crippen LogP contribution in [0.5, 0.6) is 11.6 Å². The minimum absolute atomic E-state index is 0.0409. The highest BCUT2D eigenvalue weighted by Crippen LogP contribution is 2.56. The second-order valence-electron chi connectivity index (χ2n) is 12.4. The first-order valence-corrected chi connectivity index (χ1v) is 15.6. The van der Waals surface area contributed by atoms with Gasteiger partial charge < -0.3 is 14.4 Å². The van der Waals surface area contributed by atoms with Gasteiger partial charge in [0.15, 0.2) is 5.82 Å². The molecule has 10 nitrogen and oxygen atoms in total. The van der Waals surface area contributed by atoms with Crippen molar-refractivity contribution in [2.45, 2.75) is 70.2 Å². The molecule has 0 bridgehead atoms. The molecule has 0 spiro atoms. The molecule has 1 aliphatic carbocycles. The van der Waals surface area contributed by atoms with Crippen molar-refractivity contribution >= 4 is 21.7 Å². The number of hydrogen-bond acceptors (Lipinski definition) is 8. The van der Waals surface area contributed by atoms with Crippen LogP contribution in [-0.4, -0.2) is 60.8 Å². The fourth-order valence-corrected chi connectivity index (χ4v) is 6.97. The molecule has 3 aromatic rings. The molecule has 1 saturated carbocycles. The highest BCUT2D eigenvalue weighted by molar-refractivity contribution is 7.90. The summed E-state index contributed by atoms with van der Waals surface area (Å²) in [7, 11) is -2.73. The fraction of sp³-hybridized carbons (Fsp3) is 0.500. The third kappa shape index (κ3) is 6.04. The van der Waals surface area contributed by atoms with E-state index in [1.807, 2.05) is 18.7 Å². The number of nitrogens with zero attached hydrogens (tertiary/aromatic N) is 4. The average molecular weight is 618 g/mol. The Kier molecular flexibility index (Phi) is 7.68. The maximum absolute atomic E-state index is 14.0. The normalized spacial score (nSPS) is 19.3. The van der Waals surface area contributed by atoms with Crippen molar-refractivity contribution in [3.63, 3.8) is 0 Å². The average Bonchev–Trinajstić information content (AvgIpc) is 3.49. The van der Waals surface area contributed by atoms with E-state index >= 15 is 0 Å². The number of alkyl halides is 2. The standard InChI is InChI=1S/C30H37F2N5O5S/c1-19-16-28(3,4)36(17-19)26-22(27(38)35-43(39,40)23-9-7-21(41-6)15-20(23)2)8-10-24(33-26)37-14-11-25(34-37)42-18-30(12-13-30)29(5,31)32/h7-11,14-15,19H,12-13,16-18H2,1-6H3,(H,35,38)/t19-/m0/s1. The van der Waals surface area contributed by atoms with Gasteiger partial charge in [-0.2, -0.15) is 0 Å². The first-order valence-electron chi connectivity index (χ1n) is 14.1. The SMILES string of the molecule is COc1ccc(S(=O)(=O)NC(=O)c2ccc(-n3ccc(OCC4(C(C)(F)F)CC4)n3)nc2N2C[C@@H](C)CC2(C)C)c(C)c1. The van der Waals surface area contributed by atoms with Crippen LogP contribution in [0, 0.1) is 18.3 Å². The summed E-state index contributed by atoms with van der Waals surface area (Å²) in [4.78, 5) is 20.3. The predicted octanol–water partition coefficient (Wildman–Crippen LogP) is 5.14. The molecule has 0 unspecified atom stereocenters. The van der Waals surface area contributed by atoms with Crippen molar-refractivity contribution < 1.29 is 31.5 Å². The lowest BCUT2D eigenvalue weighted by molar-refractivity contribution is -0.0712. The van der Waals surface area contributed by atoms with Crippen molar-refractivity contribution in [3.05, 3.63) is 53.7 Å². The molecule has 5 rings (SSSR count). The Labute approximate surface area is 250 Å². The van der Waals surface area contributed by atoms with E-state index in [1.54, 1.807) is 31.3 Å². The molecule has 1 atom stereocenters. The summed E-state index contributed by atoms with van der Waals surface area (Å²) >= 11 is 0. The first-order chi connectivity index (χ1) is 20.0. The van der Waals surface area contributed by atoms with E-state index in [4.69, 9.17) is 14.5 Å². The Morgan fingerprint density at radius 2 is 1.91 bits per heavy atom. The second kappa shape index (κ2) is 10.8. The molecule has 2 aromatic heterocycles.